The van der Waals surface area contributed by atoms with E-state index in [0.717, 1.165) is 6.26 Å². The SMILES string of the molecule is CC(C)(C)N(CCC(=O)Nc1cccc(C#N)c1)S(C)(=O)=O. The van der Waals surface area contributed by atoms with Gasteiger partial charge in [-0.15, -0.1) is 0 Å². The van der Waals surface area contributed by atoms with Gasteiger partial charge in [-0.05, 0) is 39.0 Å². The number of nitrogens with zero attached hydrogens (tertiary/aromatic N) is 2. The van der Waals surface area contributed by atoms with Crippen molar-refractivity contribution in [2.75, 3.05) is 18.1 Å². The monoisotopic (exact) mass is 323 g/mol. The van der Waals surface area contributed by atoms with Gasteiger partial charge in [-0.2, -0.15) is 9.57 Å². The van der Waals surface area contributed by atoms with E-state index >= 15 is 0 Å². The Bertz CT molecular complexity index is 685. The second-order valence-electron chi connectivity index (χ2n) is 6.00. The second kappa shape index (κ2) is 6.90. The van der Waals surface area contributed by atoms with Crippen LogP contribution in [0.2, 0.25) is 0 Å². The van der Waals surface area contributed by atoms with E-state index in [9.17, 15) is 13.2 Å². The van der Waals surface area contributed by atoms with E-state index in [4.69, 9.17) is 5.26 Å². The Morgan fingerprint density at radius 3 is 2.50 bits per heavy atom. The molecule has 7 heteroatoms. The Labute approximate surface area is 131 Å². The molecule has 1 amide bonds. The lowest BCUT2D eigenvalue weighted by Crippen LogP contribution is -2.46. The van der Waals surface area contributed by atoms with Crippen molar-refractivity contribution in [1.29, 1.82) is 5.26 Å². The lowest BCUT2D eigenvalue weighted by molar-refractivity contribution is -0.116. The van der Waals surface area contributed by atoms with Crippen LogP contribution in [-0.2, 0) is 14.8 Å². The predicted octanol–water partition coefficient (Wildman–Crippen LogP) is 1.95. The number of nitrogens with one attached hydrogen (secondary N) is 1. The van der Waals surface area contributed by atoms with Crippen LogP contribution in [-0.4, -0.2) is 37.0 Å². The van der Waals surface area contributed by atoms with Crippen LogP contribution in [0.4, 0.5) is 5.69 Å². The van der Waals surface area contributed by atoms with Gasteiger partial charge in [0, 0.05) is 24.2 Å². The minimum atomic E-state index is -3.39. The van der Waals surface area contributed by atoms with Gasteiger partial charge in [0.2, 0.25) is 15.9 Å². The molecule has 0 aromatic heterocycles. The van der Waals surface area contributed by atoms with Crippen molar-refractivity contribution in [1.82, 2.24) is 4.31 Å². The second-order valence-corrected chi connectivity index (χ2v) is 7.90. The fourth-order valence-electron chi connectivity index (χ4n) is 2.09. The molecular formula is C15H21N3O3S. The Kier molecular flexibility index (Phi) is 5.69. The fraction of sp³-hybridized carbons (Fsp3) is 0.467. The minimum Gasteiger partial charge on any atom is -0.326 e. The summed E-state index contributed by atoms with van der Waals surface area (Å²) in [6.45, 7) is 5.44. The molecule has 0 aliphatic carbocycles. The smallest absolute Gasteiger partial charge is 0.225 e. The molecule has 0 spiro atoms. The van der Waals surface area contributed by atoms with Crippen LogP contribution in [0.15, 0.2) is 24.3 Å². The summed E-state index contributed by atoms with van der Waals surface area (Å²) in [6.07, 6.45) is 1.17. The maximum absolute atomic E-state index is 12.0. The van der Waals surface area contributed by atoms with Crippen LogP contribution in [0.25, 0.3) is 0 Å². The van der Waals surface area contributed by atoms with Crippen LogP contribution in [0, 0.1) is 11.3 Å². The number of anilines is 1. The highest BCUT2D eigenvalue weighted by Crippen LogP contribution is 2.18. The maximum atomic E-state index is 12.0. The number of sulfonamides is 1. The number of benzene rings is 1. The number of amides is 1. The summed E-state index contributed by atoms with van der Waals surface area (Å²) in [5.74, 6) is -0.298. The molecule has 0 unspecified atom stereocenters. The molecule has 0 fully saturated rings. The molecule has 1 aromatic carbocycles. The first-order valence-electron chi connectivity index (χ1n) is 6.82. The highest BCUT2D eigenvalue weighted by molar-refractivity contribution is 7.88. The highest BCUT2D eigenvalue weighted by Gasteiger charge is 2.29. The molecule has 0 saturated carbocycles. The summed E-state index contributed by atoms with van der Waals surface area (Å²) in [7, 11) is -3.39. The zero-order valence-corrected chi connectivity index (χ0v) is 14.1. The van der Waals surface area contributed by atoms with Gasteiger partial charge in [0.25, 0.3) is 0 Å². The van der Waals surface area contributed by atoms with Gasteiger partial charge in [-0.25, -0.2) is 8.42 Å². The molecule has 0 aliphatic rings. The molecule has 0 saturated heterocycles. The molecule has 0 radical (unpaired) electrons. The third-order valence-electron chi connectivity index (χ3n) is 2.97. The Morgan fingerprint density at radius 1 is 1.36 bits per heavy atom. The van der Waals surface area contributed by atoms with Gasteiger partial charge in [-0.3, -0.25) is 4.79 Å². The average molecular weight is 323 g/mol. The maximum Gasteiger partial charge on any atom is 0.225 e. The molecule has 1 rings (SSSR count). The van der Waals surface area contributed by atoms with Crippen molar-refractivity contribution >= 4 is 21.6 Å². The largest absolute Gasteiger partial charge is 0.326 e. The van der Waals surface area contributed by atoms with Crippen LogP contribution in [0.1, 0.15) is 32.8 Å². The van der Waals surface area contributed by atoms with Gasteiger partial charge >= 0.3 is 0 Å². The molecule has 1 N–H and O–H groups in total. The van der Waals surface area contributed by atoms with Crippen molar-refractivity contribution < 1.29 is 13.2 Å². The molecule has 0 atom stereocenters. The zero-order valence-electron chi connectivity index (χ0n) is 13.3. The molecule has 1 aromatic rings. The molecule has 0 bridgehead atoms. The van der Waals surface area contributed by atoms with Gasteiger partial charge in [0.05, 0.1) is 17.9 Å². The quantitative estimate of drug-likeness (QED) is 0.896. The standard InChI is InChI=1S/C15H21N3O3S/c1-15(2,3)18(22(4,20)21)9-8-14(19)17-13-7-5-6-12(10-13)11-16/h5-7,10H,8-9H2,1-4H3,(H,17,19). The van der Waals surface area contributed by atoms with Crippen LogP contribution >= 0.6 is 0 Å². The normalized spacial score (nSPS) is 12.0. The fourth-order valence-corrected chi connectivity index (χ4v) is 3.51. The Balaban J connectivity index is 2.71. The van der Waals surface area contributed by atoms with E-state index in [1.807, 2.05) is 6.07 Å². The van der Waals surface area contributed by atoms with Crippen molar-refractivity contribution in [3.05, 3.63) is 29.8 Å². The molecule has 0 aliphatic heterocycles. The van der Waals surface area contributed by atoms with Crippen molar-refractivity contribution in [3.8, 4) is 6.07 Å². The Hall–Kier alpha value is -1.91. The van der Waals surface area contributed by atoms with Gasteiger partial charge < -0.3 is 5.32 Å². The van der Waals surface area contributed by atoms with Crippen molar-refractivity contribution in [2.24, 2.45) is 0 Å². The Morgan fingerprint density at radius 2 is 2.00 bits per heavy atom. The molecule has 120 valence electrons. The first-order chi connectivity index (χ1) is 10.0. The number of carbonyl (C=O) groups is 1. The summed E-state index contributed by atoms with van der Waals surface area (Å²) in [5.41, 5.74) is 0.380. The van der Waals surface area contributed by atoms with Crippen molar-refractivity contribution in [3.63, 3.8) is 0 Å². The first kappa shape index (κ1) is 18.1. The number of rotatable bonds is 5. The van der Waals surface area contributed by atoms with Gasteiger partial charge in [0.1, 0.15) is 0 Å². The zero-order chi connectivity index (χ0) is 17.0. The summed E-state index contributed by atoms with van der Waals surface area (Å²) in [5, 5.41) is 11.5. The summed E-state index contributed by atoms with van der Waals surface area (Å²) >= 11 is 0. The van der Waals surface area contributed by atoms with Gasteiger partial charge in [0.15, 0.2) is 0 Å². The van der Waals surface area contributed by atoms with E-state index in [0.29, 0.717) is 11.3 Å². The molecule has 0 heterocycles. The average Bonchev–Trinajstić information content (AvgIpc) is 2.35. The van der Waals surface area contributed by atoms with Crippen LogP contribution in [0.5, 0.6) is 0 Å². The third-order valence-corrected chi connectivity index (χ3v) is 4.50. The third kappa shape index (κ3) is 5.47. The van der Waals surface area contributed by atoms with Crippen LogP contribution in [0.3, 0.4) is 0 Å². The van der Waals surface area contributed by atoms with Crippen LogP contribution < -0.4 is 5.32 Å². The number of hydrogen-bond donors (Lipinski definition) is 1. The topological polar surface area (TPSA) is 90.3 Å². The number of carbonyl (C=O) groups excluding carboxylic acids is 1. The van der Waals surface area contributed by atoms with Crippen molar-refractivity contribution in [2.45, 2.75) is 32.7 Å². The predicted molar refractivity (Wildman–Crippen MR) is 85.7 cm³/mol. The molecule has 6 nitrogen and oxygen atoms in total. The summed E-state index contributed by atoms with van der Waals surface area (Å²) < 4.78 is 24.9. The molecule has 22 heavy (non-hydrogen) atoms. The molecular weight excluding hydrogens is 302 g/mol. The van der Waals surface area contributed by atoms with E-state index in [2.05, 4.69) is 5.32 Å². The first-order valence-corrected chi connectivity index (χ1v) is 8.66. The highest BCUT2D eigenvalue weighted by atomic mass is 32.2. The van der Waals surface area contributed by atoms with E-state index in [1.165, 1.54) is 4.31 Å². The lowest BCUT2D eigenvalue weighted by Gasteiger charge is -2.33. The minimum absolute atomic E-state index is 0.0428. The van der Waals surface area contributed by atoms with E-state index < -0.39 is 15.6 Å². The van der Waals surface area contributed by atoms with E-state index in [-0.39, 0.29) is 18.9 Å². The number of hydrogen-bond acceptors (Lipinski definition) is 4. The number of nitriles is 1. The summed E-state index contributed by atoms with van der Waals surface area (Å²) in [4.78, 5) is 12.0. The van der Waals surface area contributed by atoms with E-state index in [1.54, 1.807) is 45.0 Å². The summed E-state index contributed by atoms with van der Waals surface area (Å²) in [6, 6.07) is 8.55. The van der Waals surface area contributed by atoms with Gasteiger partial charge in [-0.1, -0.05) is 6.07 Å². The lowest BCUT2D eigenvalue weighted by atomic mass is 10.1.